The van der Waals surface area contributed by atoms with Crippen molar-refractivity contribution >= 4 is 39.5 Å². The number of benzene rings is 1. The number of hydrogen-bond donors (Lipinski definition) is 2. The van der Waals surface area contributed by atoms with Crippen molar-refractivity contribution in [2.45, 2.75) is 40.7 Å². The van der Waals surface area contributed by atoms with Crippen molar-refractivity contribution in [1.29, 1.82) is 0 Å². The summed E-state index contributed by atoms with van der Waals surface area (Å²) in [5.41, 5.74) is 11.6. The molecule has 0 spiro atoms. The Kier molecular flexibility index (Phi) is 6.51. The number of pyridine rings is 1. The quantitative estimate of drug-likeness (QED) is 0.414. The minimum atomic E-state index is -0.158. The van der Waals surface area contributed by atoms with Gasteiger partial charge in [0.05, 0.1) is 28.4 Å². The van der Waals surface area contributed by atoms with Crippen molar-refractivity contribution in [2.75, 3.05) is 12.4 Å². The van der Waals surface area contributed by atoms with Crippen molar-refractivity contribution < 1.29 is 4.42 Å². The molecule has 0 amide bonds. The van der Waals surface area contributed by atoms with Gasteiger partial charge in [-0.1, -0.05) is 17.7 Å². The van der Waals surface area contributed by atoms with Gasteiger partial charge < -0.3 is 15.5 Å². The molecule has 6 nitrogen and oxygen atoms in total. The van der Waals surface area contributed by atoms with Crippen molar-refractivity contribution in [1.82, 2.24) is 4.98 Å². The van der Waals surface area contributed by atoms with Gasteiger partial charge >= 0.3 is 0 Å². The number of hydrogen-bond acceptors (Lipinski definition) is 6. The molecule has 7 heteroatoms. The second-order valence-electron chi connectivity index (χ2n) is 7.64. The lowest BCUT2D eigenvalue weighted by atomic mass is 9.98. The van der Waals surface area contributed by atoms with Gasteiger partial charge in [-0.15, -0.1) is 0 Å². The summed E-state index contributed by atoms with van der Waals surface area (Å²) in [7, 11) is 1.68. The van der Waals surface area contributed by atoms with Crippen molar-refractivity contribution in [3.05, 3.63) is 74.0 Å². The number of aryl methyl sites for hydroxylation is 2. The third kappa shape index (κ3) is 4.35. The maximum atomic E-state index is 13.2. The monoisotopic (exact) mass is 438 g/mol. The molecule has 3 rings (SSSR count). The molecule has 0 fully saturated rings. The largest absolute Gasteiger partial charge is 0.455 e. The minimum Gasteiger partial charge on any atom is -0.455 e. The molecule has 3 aromatic rings. The number of halogens is 1. The standard InChI is InChI=1S/C24H27ClN4O2/c1-12-9-17(15(4)28-20-7-8-21(25)29-16(20)5)24-18(10-12)22(30)13(2)23(31-24)19(11-26)14(3)27-6/h7-11,15,28H,26H2,1-6H3/b19-11+,27-14?. The van der Waals surface area contributed by atoms with Gasteiger partial charge in [-0.05, 0) is 58.4 Å². The Morgan fingerprint density at radius 2 is 2.00 bits per heavy atom. The third-order valence-electron chi connectivity index (χ3n) is 5.42. The van der Waals surface area contributed by atoms with E-state index in [1.807, 2.05) is 45.9 Å². The molecule has 0 bridgehead atoms. The van der Waals surface area contributed by atoms with Crippen molar-refractivity contribution in [3.8, 4) is 0 Å². The third-order valence-corrected chi connectivity index (χ3v) is 5.63. The van der Waals surface area contributed by atoms with Crippen LogP contribution in [0.15, 0.2) is 44.7 Å². The SMILES string of the molecule is CN=C(C)/C(=C\N)c1oc2c(C(C)Nc3ccc(Cl)nc3C)cc(C)cc2c(=O)c1C. The van der Waals surface area contributed by atoms with Gasteiger partial charge in [0.2, 0.25) is 0 Å². The molecular weight excluding hydrogens is 412 g/mol. The van der Waals surface area contributed by atoms with Crippen LogP contribution in [0.3, 0.4) is 0 Å². The van der Waals surface area contributed by atoms with Crippen LogP contribution in [-0.4, -0.2) is 17.7 Å². The first-order chi connectivity index (χ1) is 14.7. The molecule has 1 unspecified atom stereocenters. The lowest BCUT2D eigenvalue weighted by molar-refractivity contribution is 0.575. The molecule has 2 heterocycles. The summed E-state index contributed by atoms with van der Waals surface area (Å²) in [6, 6.07) is 7.35. The highest BCUT2D eigenvalue weighted by atomic mass is 35.5. The fourth-order valence-corrected chi connectivity index (χ4v) is 3.81. The molecule has 0 saturated heterocycles. The van der Waals surface area contributed by atoms with E-state index in [2.05, 4.69) is 15.3 Å². The zero-order valence-electron chi connectivity index (χ0n) is 18.6. The Hall–Kier alpha value is -3.12. The van der Waals surface area contributed by atoms with Crippen LogP contribution in [0.25, 0.3) is 16.5 Å². The van der Waals surface area contributed by atoms with Crippen LogP contribution in [0.5, 0.6) is 0 Å². The normalized spacial score (nSPS) is 13.5. The molecule has 162 valence electrons. The van der Waals surface area contributed by atoms with E-state index >= 15 is 0 Å². The topological polar surface area (TPSA) is 93.5 Å². The average Bonchev–Trinajstić information content (AvgIpc) is 2.73. The molecular formula is C24H27ClN4O2. The number of nitrogens with two attached hydrogens (primary N) is 1. The Balaban J connectivity index is 2.23. The first-order valence-electron chi connectivity index (χ1n) is 10.0. The highest BCUT2D eigenvalue weighted by molar-refractivity contribution is 6.29. The molecule has 0 aliphatic heterocycles. The van der Waals surface area contributed by atoms with Gasteiger partial charge in [-0.3, -0.25) is 9.79 Å². The Morgan fingerprint density at radius 1 is 1.29 bits per heavy atom. The number of aliphatic imine (C=N–C) groups is 1. The summed E-state index contributed by atoms with van der Waals surface area (Å²) in [5, 5.41) is 4.44. The molecule has 1 atom stereocenters. The summed E-state index contributed by atoms with van der Waals surface area (Å²) in [6.07, 6.45) is 1.43. The summed E-state index contributed by atoms with van der Waals surface area (Å²) in [5.74, 6) is 0.435. The van der Waals surface area contributed by atoms with E-state index in [9.17, 15) is 4.79 Å². The van der Waals surface area contributed by atoms with Gasteiger partial charge in [-0.2, -0.15) is 0 Å². The number of fused-ring (bicyclic) bond motifs is 1. The molecule has 0 radical (unpaired) electrons. The van der Waals surface area contributed by atoms with Gasteiger partial charge in [0.25, 0.3) is 0 Å². The van der Waals surface area contributed by atoms with Crippen molar-refractivity contribution in [2.24, 2.45) is 10.7 Å². The first-order valence-corrected chi connectivity index (χ1v) is 10.4. The predicted molar refractivity (Wildman–Crippen MR) is 129 cm³/mol. The predicted octanol–water partition coefficient (Wildman–Crippen LogP) is 5.33. The lowest BCUT2D eigenvalue weighted by Gasteiger charge is -2.20. The van der Waals surface area contributed by atoms with E-state index in [0.29, 0.717) is 38.7 Å². The average molecular weight is 439 g/mol. The van der Waals surface area contributed by atoms with Crippen LogP contribution < -0.4 is 16.5 Å². The van der Waals surface area contributed by atoms with E-state index < -0.39 is 0 Å². The summed E-state index contributed by atoms with van der Waals surface area (Å²) in [6.45, 7) is 9.45. The Morgan fingerprint density at radius 3 is 2.61 bits per heavy atom. The molecule has 2 aromatic heterocycles. The van der Waals surface area contributed by atoms with E-state index in [0.717, 1.165) is 22.5 Å². The van der Waals surface area contributed by atoms with Gasteiger partial charge in [0, 0.05) is 30.1 Å². The van der Waals surface area contributed by atoms with E-state index in [-0.39, 0.29) is 11.5 Å². The molecule has 0 aliphatic carbocycles. The van der Waals surface area contributed by atoms with Crippen molar-refractivity contribution in [3.63, 3.8) is 0 Å². The summed E-state index contributed by atoms with van der Waals surface area (Å²) in [4.78, 5) is 21.7. The fourth-order valence-electron chi connectivity index (χ4n) is 3.62. The maximum absolute atomic E-state index is 13.2. The van der Waals surface area contributed by atoms with Crippen LogP contribution in [0.1, 0.15) is 48.0 Å². The van der Waals surface area contributed by atoms with Gasteiger partial charge in [0.1, 0.15) is 16.5 Å². The minimum absolute atomic E-state index is 0.0824. The molecule has 3 N–H and O–H groups in total. The van der Waals surface area contributed by atoms with Crippen LogP contribution in [0.2, 0.25) is 5.15 Å². The van der Waals surface area contributed by atoms with E-state index in [1.54, 1.807) is 20.0 Å². The molecule has 0 saturated carbocycles. The number of allylic oxidation sites excluding steroid dienone is 1. The number of anilines is 1. The Labute approximate surface area is 186 Å². The number of aromatic nitrogens is 1. The zero-order valence-corrected chi connectivity index (χ0v) is 19.4. The lowest BCUT2D eigenvalue weighted by Crippen LogP contribution is -2.15. The van der Waals surface area contributed by atoms with Crippen LogP contribution >= 0.6 is 11.6 Å². The molecule has 1 aromatic carbocycles. The highest BCUT2D eigenvalue weighted by Gasteiger charge is 2.21. The highest BCUT2D eigenvalue weighted by Crippen LogP contribution is 2.31. The summed E-state index contributed by atoms with van der Waals surface area (Å²) < 4.78 is 6.34. The maximum Gasteiger partial charge on any atom is 0.196 e. The number of rotatable bonds is 5. The van der Waals surface area contributed by atoms with Crippen LogP contribution in [-0.2, 0) is 0 Å². The number of nitrogens with one attached hydrogen (secondary N) is 1. The van der Waals surface area contributed by atoms with Gasteiger partial charge in [-0.25, -0.2) is 4.98 Å². The van der Waals surface area contributed by atoms with E-state index in [1.165, 1.54) is 6.20 Å². The second kappa shape index (κ2) is 8.94. The molecule has 0 aliphatic rings. The molecule has 31 heavy (non-hydrogen) atoms. The van der Waals surface area contributed by atoms with Crippen LogP contribution in [0, 0.1) is 20.8 Å². The van der Waals surface area contributed by atoms with Gasteiger partial charge in [0.15, 0.2) is 5.43 Å². The number of nitrogens with zero attached hydrogens (tertiary/aromatic N) is 2. The Bertz CT molecular complexity index is 1270. The first kappa shape index (κ1) is 22.6. The second-order valence-corrected chi connectivity index (χ2v) is 8.03. The van der Waals surface area contributed by atoms with E-state index in [4.69, 9.17) is 21.8 Å². The summed E-state index contributed by atoms with van der Waals surface area (Å²) >= 11 is 5.99. The zero-order chi connectivity index (χ0) is 22.9. The van der Waals surface area contributed by atoms with Crippen LogP contribution in [0.4, 0.5) is 5.69 Å². The fraction of sp³-hybridized carbons (Fsp3) is 0.292. The smallest absolute Gasteiger partial charge is 0.196 e.